The van der Waals surface area contributed by atoms with Crippen molar-refractivity contribution >= 4 is 11.0 Å². The van der Waals surface area contributed by atoms with Gasteiger partial charge in [0, 0.05) is 13.2 Å². The van der Waals surface area contributed by atoms with Gasteiger partial charge in [-0.25, -0.2) is 4.98 Å². The monoisotopic (exact) mass is 267 g/mol. The van der Waals surface area contributed by atoms with Crippen LogP contribution >= 0.6 is 0 Å². The SMILES string of the molecule is Cn1c(-c2ccccn2)nc2cc(C(C)(C)O)ccc21. The van der Waals surface area contributed by atoms with Crippen molar-refractivity contribution in [3.63, 3.8) is 0 Å². The number of hydrogen-bond donors (Lipinski definition) is 1. The lowest BCUT2D eigenvalue weighted by atomic mass is 9.98. The first-order valence-corrected chi connectivity index (χ1v) is 6.57. The summed E-state index contributed by atoms with van der Waals surface area (Å²) in [5, 5.41) is 10.1. The van der Waals surface area contributed by atoms with Crippen LogP contribution in [0, 0.1) is 0 Å². The predicted molar refractivity (Wildman–Crippen MR) is 79.2 cm³/mol. The maximum Gasteiger partial charge on any atom is 0.159 e. The third-order valence-corrected chi connectivity index (χ3v) is 3.48. The molecule has 4 nitrogen and oxygen atoms in total. The average Bonchev–Trinajstić information content (AvgIpc) is 2.76. The lowest BCUT2D eigenvalue weighted by Crippen LogP contribution is -2.15. The molecule has 0 saturated carbocycles. The Morgan fingerprint density at radius 1 is 1.15 bits per heavy atom. The Labute approximate surface area is 117 Å². The molecule has 0 spiro atoms. The molecule has 3 rings (SSSR count). The van der Waals surface area contributed by atoms with Crippen LogP contribution in [0.25, 0.3) is 22.6 Å². The van der Waals surface area contributed by atoms with Crippen LogP contribution in [0.15, 0.2) is 42.6 Å². The summed E-state index contributed by atoms with van der Waals surface area (Å²) in [5.41, 5.74) is 2.73. The fourth-order valence-corrected chi connectivity index (χ4v) is 2.30. The molecule has 20 heavy (non-hydrogen) atoms. The van der Waals surface area contributed by atoms with E-state index in [-0.39, 0.29) is 0 Å². The number of hydrogen-bond acceptors (Lipinski definition) is 3. The highest BCUT2D eigenvalue weighted by Gasteiger charge is 2.18. The van der Waals surface area contributed by atoms with Crippen LogP contribution in [-0.4, -0.2) is 19.6 Å². The molecule has 0 unspecified atom stereocenters. The van der Waals surface area contributed by atoms with E-state index in [0.29, 0.717) is 0 Å². The van der Waals surface area contributed by atoms with Gasteiger partial charge in [0.1, 0.15) is 5.69 Å². The van der Waals surface area contributed by atoms with Gasteiger partial charge in [-0.05, 0) is 43.7 Å². The third kappa shape index (κ3) is 2.08. The van der Waals surface area contributed by atoms with Crippen LogP contribution in [0.3, 0.4) is 0 Å². The second-order valence-corrected chi connectivity index (χ2v) is 5.47. The van der Waals surface area contributed by atoms with Crippen LogP contribution in [0.1, 0.15) is 19.4 Å². The average molecular weight is 267 g/mol. The Kier molecular flexibility index (Phi) is 2.83. The van der Waals surface area contributed by atoms with Crippen molar-refractivity contribution in [3.05, 3.63) is 48.2 Å². The molecule has 2 heterocycles. The maximum absolute atomic E-state index is 10.1. The van der Waals surface area contributed by atoms with Crippen molar-refractivity contribution < 1.29 is 5.11 Å². The fraction of sp³-hybridized carbons (Fsp3) is 0.250. The molecule has 0 radical (unpaired) electrons. The Morgan fingerprint density at radius 3 is 2.60 bits per heavy atom. The quantitative estimate of drug-likeness (QED) is 0.776. The van der Waals surface area contributed by atoms with Gasteiger partial charge in [0.2, 0.25) is 0 Å². The highest BCUT2D eigenvalue weighted by molar-refractivity contribution is 5.80. The van der Waals surface area contributed by atoms with Gasteiger partial charge in [-0.15, -0.1) is 0 Å². The zero-order valence-corrected chi connectivity index (χ0v) is 11.8. The number of imidazole rings is 1. The summed E-state index contributed by atoms with van der Waals surface area (Å²) in [5.74, 6) is 0.827. The summed E-state index contributed by atoms with van der Waals surface area (Å²) >= 11 is 0. The van der Waals surface area contributed by atoms with E-state index in [1.807, 2.05) is 48.0 Å². The summed E-state index contributed by atoms with van der Waals surface area (Å²) < 4.78 is 2.02. The minimum Gasteiger partial charge on any atom is -0.386 e. The predicted octanol–water partition coefficient (Wildman–Crippen LogP) is 2.86. The molecular weight excluding hydrogens is 250 g/mol. The molecule has 102 valence electrons. The molecule has 0 fully saturated rings. The summed E-state index contributed by atoms with van der Waals surface area (Å²) in [6, 6.07) is 11.6. The number of benzene rings is 1. The number of aromatic nitrogens is 3. The van der Waals surface area contributed by atoms with Crippen LogP contribution in [0.4, 0.5) is 0 Å². The molecule has 3 aromatic rings. The smallest absolute Gasteiger partial charge is 0.159 e. The lowest BCUT2D eigenvalue weighted by molar-refractivity contribution is 0.0787. The first-order chi connectivity index (χ1) is 9.47. The van der Waals surface area contributed by atoms with Crippen molar-refractivity contribution in [3.8, 4) is 11.5 Å². The van der Waals surface area contributed by atoms with E-state index >= 15 is 0 Å². The van der Waals surface area contributed by atoms with E-state index in [4.69, 9.17) is 0 Å². The number of fused-ring (bicyclic) bond motifs is 1. The summed E-state index contributed by atoms with van der Waals surface area (Å²) in [6.07, 6.45) is 1.76. The molecule has 0 aliphatic carbocycles. The highest BCUT2D eigenvalue weighted by Crippen LogP contribution is 2.27. The Balaban J connectivity index is 2.20. The van der Waals surface area contributed by atoms with Crippen molar-refractivity contribution in [2.75, 3.05) is 0 Å². The van der Waals surface area contributed by atoms with E-state index in [9.17, 15) is 5.11 Å². The van der Waals surface area contributed by atoms with Crippen LogP contribution in [0.5, 0.6) is 0 Å². The van der Waals surface area contributed by atoms with E-state index in [1.54, 1.807) is 20.0 Å². The second-order valence-electron chi connectivity index (χ2n) is 5.47. The molecule has 0 atom stereocenters. The van der Waals surface area contributed by atoms with E-state index < -0.39 is 5.60 Å². The number of pyridine rings is 1. The minimum atomic E-state index is -0.864. The Morgan fingerprint density at radius 2 is 1.95 bits per heavy atom. The van der Waals surface area contributed by atoms with Gasteiger partial charge in [0.25, 0.3) is 0 Å². The summed E-state index contributed by atoms with van der Waals surface area (Å²) in [7, 11) is 1.98. The molecular formula is C16H17N3O. The number of nitrogens with zero attached hydrogens (tertiary/aromatic N) is 3. The van der Waals surface area contributed by atoms with Gasteiger partial charge < -0.3 is 9.67 Å². The van der Waals surface area contributed by atoms with Crippen molar-refractivity contribution in [2.24, 2.45) is 7.05 Å². The third-order valence-electron chi connectivity index (χ3n) is 3.48. The Hall–Kier alpha value is -2.20. The fourth-order valence-electron chi connectivity index (χ4n) is 2.30. The van der Waals surface area contributed by atoms with Crippen molar-refractivity contribution in [1.29, 1.82) is 0 Å². The number of aliphatic hydroxyl groups is 1. The van der Waals surface area contributed by atoms with Gasteiger partial charge in [0.15, 0.2) is 5.82 Å². The largest absolute Gasteiger partial charge is 0.386 e. The normalized spacial score (nSPS) is 12.0. The van der Waals surface area contributed by atoms with E-state index in [1.165, 1.54) is 0 Å². The zero-order chi connectivity index (χ0) is 14.3. The first-order valence-electron chi connectivity index (χ1n) is 6.57. The highest BCUT2D eigenvalue weighted by atomic mass is 16.3. The van der Waals surface area contributed by atoms with Crippen LogP contribution < -0.4 is 0 Å². The number of rotatable bonds is 2. The summed E-state index contributed by atoms with van der Waals surface area (Å²) in [4.78, 5) is 8.99. The van der Waals surface area contributed by atoms with Gasteiger partial charge in [-0.3, -0.25) is 4.98 Å². The summed E-state index contributed by atoms with van der Waals surface area (Å²) in [6.45, 7) is 3.55. The molecule has 0 aliphatic rings. The first kappa shape index (κ1) is 12.8. The molecule has 0 saturated heterocycles. The standard InChI is InChI=1S/C16H17N3O/c1-16(2,20)11-7-8-14-13(10-11)18-15(19(14)3)12-6-4-5-9-17-12/h4-10,20H,1-3H3. The van der Waals surface area contributed by atoms with Crippen molar-refractivity contribution in [1.82, 2.24) is 14.5 Å². The topological polar surface area (TPSA) is 50.9 Å². The maximum atomic E-state index is 10.1. The zero-order valence-electron chi connectivity index (χ0n) is 11.8. The van der Waals surface area contributed by atoms with Gasteiger partial charge in [-0.2, -0.15) is 0 Å². The van der Waals surface area contributed by atoms with E-state index in [0.717, 1.165) is 28.1 Å². The molecule has 0 bridgehead atoms. The number of aryl methyl sites for hydroxylation is 1. The van der Waals surface area contributed by atoms with Gasteiger partial charge in [-0.1, -0.05) is 12.1 Å². The van der Waals surface area contributed by atoms with E-state index in [2.05, 4.69) is 9.97 Å². The molecule has 1 aromatic carbocycles. The lowest BCUT2D eigenvalue weighted by Gasteiger charge is -2.17. The molecule has 4 heteroatoms. The van der Waals surface area contributed by atoms with Crippen LogP contribution in [-0.2, 0) is 12.6 Å². The molecule has 0 aliphatic heterocycles. The van der Waals surface area contributed by atoms with Crippen molar-refractivity contribution in [2.45, 2.75) is 19.4 Å². The van der Waals surface area contributed by atoms with Crippen LogP contribution in [0.2, 0.25) is 0 Å². The molecule has 1 N–H and O–H groups in total. The molecule has 2 aromatic heterocycles. The van der Waals surface area contributed by atoms with Gasteiger partial charge in [0.05, 0.1) is 16.6 Å². The second kappa shape index (κ2) is 4.42. The minimum absolute atomic E-state index is 0.827. The Bertz CT molecular complexity index is 754. The molecule has 0 amide bonds. The van der Waals surface area contributed by atoms with Gasteiger partial charge >= 0.3 is 0 Å².